The Morgan fingerprint density at radius 2 is 2.06 bits per heavy atom. The van der Waals surface area contributed by atoms with Crippen molar-refractivity contribution in [2.75, 3.05) is 26.7 Å². The number of aryl methyl sites for hydroxylation is 1. The summed E-state index contributed by atoms with van der Waals surface area (Å²) in [5.74, 6) is 0. The molecule has 17 heavy (non-hydrogen) atoms. The average Bonchev–Trinajstić information content (AvgIpc) is 2.69. The van der Waals surface area contributed by atoms with Crippen molar-refractivity contribution in [2.24, 2.45) is 12.5 Å². The van der Waals surface area contributed by atoms with Gasteiger partial charge in [-0.25, -0.2) is 0 Å². The summed E-state index contributed by atoms with van der Waals surface area (Å²) in [5, 5.41) is 7.92. The lowest BCUT2D eigenvalue weighted by molar-refractivity contribution is 0.136. The second-order valence-electron chi connectivity index (χ2n) is 5.70. The normalized spacial score (nSPS) is 20.6. The fourth-order valence-corrected chi connectivity index (χ4v) is 2.38. The molecule has 1 saturated heterocycles. The van der Waals surface area contributed by atoms with Crippen LogP contribution in [0.5, 0.6) is 0 Å². The lowest BCUT2D eigenvalue weighted by Crippen LogP contribution is -2.41. The van der Waals surface area contributed by atoms with Gasteiger partial charge in [0.05, 0.1) is 5.69 Å². The third-order valence-electron chi connectivity index (χ3n) is 3.82. The fraction of sp³-hybridized carbons (Fsp3) is 0.769. The SMILES string of the molecule is CN1CCC(C)(CNCc2ccn(C)n2)CC1. The highest BCUT2D eigenvalue weighted by Crippen LogP contribution is 2.29. The van der Waals surface area contributed by atoms with Gasteiger partial charge >= 0.3 is 0 Å². The molecule has 1 aromatic rings. The summed E-state index contributed by atoms with van der Waals surface area (Å²) in [7, 11) is 4.17. The van der Waals surface area contributed by atoms with E-state index in [1.807, 2.05) is 17.9 Å². The lowest BCUT2D eigenvalue weighted by Gasteiger charge is -2.38. The second kappa shape index (κ2) is 5.19. The van der Waals surface area contributed by atoms with Crippen molar-refractivity contribution < 1.29 is 0 Å². The topological polar surface area (TPSA) is 33.1 Å². The standard InChI is InChI=1S/C13H24N4/c1-13(5-8-16(2)9-6-13)11-14-10-12-4-7-17(3)15-12/h4,7,14H,5-6,8-11H2,1-3H3. The third kappa shape index (κ3) is 3.54. The molecule has 0 atom stereocenters. The van der Waals surface area contributed by atoms with Gasteiger partial charge in [0, 0.05) is 26.3 Å². The van der Waals surface area contributed by atoms with E-state index in [-0.39, 0.29) is 0 Å². The number of likely N-dealkylation sites (tertiary alicyclic amines) is 1. The van der Waals surface area contributed by atoms with Crippen LogP contribution in [-0.2, 0) is 13.6 Å². The van der Waals surface area contributed by atoms with E-state index in [0.29, 0.717) is 5.41 Å². The van der Waals surface area contributed by atoms with E-state index in [1.165, 1.54) is 25.9 Å². The van der Waals surface area contributed by atoms with E-state index in [2.05, 4.69) is 35.4 Å². The minimum atomic E-state index is 0.460. The van der Waals surface area contributed by atoms with E-state index >= 15 is 0 Å². The molecule has 0 aliphatic carbocycles. The summed E-state index contributed by atoms with van der Waals surface area (Å²) in [6.45, 7) is 6.82. The molecular formula is C13H24N4. The Balaban J connectivity index is 1.74. The fourth-order valence-electron chi connectivity index (χ4n) is 2.38. The van der Waals surface area contributed by atoms with E-state index in [4.69, 9.17) is 0 Å². The molecule has 2 rings (SSSR count). The van der Waals surface area contributed by atoms with Crippen molar-refractivity contribution in [1.29, 1.82) is 0 Å². The van der Waals surface area contributed by atoms with E-state index in [1.54, 1.807) is 0 Å². The molecule has 0 saturated carbocycles. The van der Waals surface area contributed by atoms with Gasteiger partial charge in [-0.15, -0.1) is 0 Å². The van der Waals surface area contributed by atoms with Crippen molar-refractivity contribution in [2.45, 2.75) is 26.3 Å². The van der Waals surface area contributed by atoms with Crippen molar-refractivity contribution in [1.82, 2.24) is 20.0 Å². The van der Waals surface area contributed by atoms with Gasteiger partial charge in [-0.3, -0.25) is 4.68 Å². The largest absolute Gasteiger partial charge is 0.311 e. The minimum Gasteiger partial charge on any atom is -0.311 e. The number of rotatable bonds is 4. The molecule has 96 valence electrons. The quantitative estimate of drug-likeness (QED) is 0.854. The molecule has 0 bridgehead atoms. The van der Waals surface area contributed by atoms with Crippen LogP contribution in [0, 0.1) is 5.41 Å². The molecular weight excluding hydrogens is 212 g/mol. The Kier molecular flexibility index (Phi) is 3.84. The van der Waals surface area contributed by atoms with Gasteiger partial charge in [-0.05, 0) is 44.5 Å². The molecule has 1 aliphatic heterocycles. The van der Waals surface area contributed by atoms with Crippen molar-refractivity contribution in [3.63, 3.8) is 0 Å². The Morgan fingerprint density at radius 1 is 1.35 bits per heavy atom. The van der Waals surface area contributed by atoms with Crippen molar-refractivity contribution in [3.8, 4) is 0 Å². The Morgan fingerprint density at radius 3 is 2.65 bits per heavy atom. The maximum absolute atomic E-state index is 4.37. The first kappa shape index (κ1) is 12.6. The molecule has 1 aliphatic rings. The van der Waals surface area contributed by atoms with Crippen LogP contribution in [0.2, 0.25) is 0 Å². The zero-order chi connectivity index (χ0) is 12.3. The molecule has 1 fully saturated rings. The maximum Gasteiger partial charge on any atom is 0.0762 e. The molecule has 0 aromatic carbocycles. The predicted molar refractivity (Wildman–Crippen MR) is 69.8 cm³/mol. The van der Waals surface area contributed by atoms with Gasteiger partial charge in [0.1, 0.15) is 0 Å². The number of piperidine rings is 1. The highest BCUT2D eigenvalue weighted by molar-refractivity contribution is 4.98. The second-order valence-corrected chi connectivity index (χ2v) is 5.70. The molecule has 0 radical (unpaired) electrons. The van der Waals surface area contributed by atoms with Crippen molar-refractivity contribution >= 4 is 0 Å². The summed E-state index contributed by atoms with van der Waals surface area (Å²) < 4.78 is 1.86. The number of nitrogens with one attached hydrogen (secondary N) is 1. The minimum absolute atomic E-state index is 0.460. The van der Waals surface area contributed by atoms with E-state index < -0.39 is 0 Å². The van der Waals surface area contributed by atoms with Gasteiger partial charge < -0.3 is 10.2 Å². The summed E-state index contributed by atoms with van der Waals surface area (Å²) in [5.41, 5.74) is 1.59. The van der Waals surface area contributed by atoms with Gasteiger partial charge in [0.15, 0.2) is 0 Å². The first-order valence-electron chi connectivity index (χ1n) is 6.45. The molecule has 4 nitrogen and oxygen atoms in total. The Labute approximate surface area is 104 Å². The average molecular weight is 236 g/mol. The van der Waals surface area contributed by atoms with Crippen LogP contribution in [-0.4, -0.2) is 41.4 Å². The Bertz CT molecular complexity index is 350. The van der Waals surface area contributed by atoms with E-state index in [9.17, 15) is 0 Å². The summed E-state index contributed by atoms with van der Waals surface area (Å²) >= 11 is 0. The monoisotopic (exact) mass is 236 g/mol. The molecule has 4 heteroatoms. The molecule has 1 aromatic heterocycles. The molecule has 0 amide bonds. The van der Waals surface area contributed by atoms with Crippen LogP contribution in [0.3, 0.4) is 0 Å². The highest BCUT2D eigenvalue weighted by atomic mass is 15.3. The summed E-state index contributed by atoms with van der Waals surface area (Å²) in [6.07, 6.45) is 4.58. The van der Waals surface area contributed by atoms with E-state index in [0.717, 1.165) is 18.8 Å². The summed E-state index contributed by atoms with van der Waals surface area (Å²) in [4.78, 5) is 2.42. The highest BCUT2D eigenvalue weighted by Gasteiger charge is 2.28. The van der Waals surface area contributed by atoms with Crippen LogP contribution in [0.4, 0.5) is 0 Å². The number of hydrogen-bond acceptors (Lipinski definition) is 3. The Hall–Kier alpha value is -0.870. The molecule has 0 spiro atoms. The first-order valence-corrected chi connectivity index (χ1v) is 6.45. The summed E-state index contributed by atoms with van der Waals surface area (Å²) in [6, 6.07) is 2.07. The van der Waals surface area contributed by atoms with Crippen LogP contribution in [0.25, 0.3) is 0 Å². The van der Waals surface area contributed by atoms with Crippen LogP contribution in [0.1, 0.15) is 25.5 Å². The van der Waals surface area contributed by atoms with Crippen LogP contribution >= 0.6 is 0 Å². The first-order chi connectivity index (χ1) is 8.07. The van der Waals surface area contributed by atoms with Gasteiger partial charge in [0.25, 0.3) is 0 Å². The van der Waals surface area contributed by atoms with Crippen LogP contribution < -0.4 is 5.32 Å². The number of aromatic nitrogens is 2. The van der Waals surface area contributed by atoms with Gasteiger partial charge in [0.2, 0.25) is 0 Å². The zero-order valence-electron chi connectivity index (χ0n) is 11.2. The van der Waals surface area contributed by atoms with Gasteiger partial charge in [-0.2, -0.15) is 5.10 Å². The molecule has 0 unspecified atom stereocenters. The molecule has 1 N–H and O–H groups in total. The molecule has 2 heterocycles. The smallest absolute Gasteiger partial charge is 0.0762 e. The van der Waals surface area contributed by atoms with Gasteiger partial charge in [-0.1, -0.05) is 6.92 Å². The zero-order valence-corrected chi connectivity index (χ0v) is 11.2. The maximum atomic E-state index is 4.37. The lowest BCUT2D eigenvalue weighted by atomic mass is 9.80. The number of hydrogen-bond donors (Lipinski definition) is 1. The van der Waals surface area contributed by atoms with Crippen LogP contribution in [0.15, 0.2) is 12.3 Å². The van der Waals surface area contributed by atoms with Crippen molar-refractivity contribution in [3.05, 3.63) is 18.0 Å². The number of nitrogens with zero attached hydrogens (tertiary/aromatic N) is 3. The third-order valence-corrected chi connectivity index (χ3v) is 3.82. The predicted octanol–water partition coefficient (Wildman–Crippen LogP) is 1.24.